The minimum absolute atomic E-state index is 0.306. The summed E-state index contributed by atoms with van der Waals surface area (Å²) in [6, 6.07) is 4.76. The fourth-order valence-electron chi connectivity index (χ4n) is 1.66. The lowest BCUT2D eigenvalue weighted by Gasteiger charge is -2.08. The van der Waals surface area contributed by atoms with Crippen molar-refractivity contribution in [2.45, 2.75) is 6.92 Å². The van der Waals surface area contributed by atoms with Crippen molar-refractivity contribution in [1.82, 2.24) is 14.3 Å². The van der Waals surface area contributed by atoms with Gasteiger partial charge in [0.15, 0.2) is 0 Å². The highest BCUT2D eigenvalue weighted by atomic mass is 16.2. The number of hydrogen-bond acceptors (Lipinski definition) is 4. The minimum atomic E-state index is -0.591. The third kappa shape index (κ3) is 2.17. The predicted octanol–water partition coefficient (Wildman–Crippen LogP) is -0.661. The molecule has 0 fully saturated rings. The molecule has 0 radical (unpaired) electrons. The van der Waals surface area contributed by atoms with Crippen LogP contribution in [-0.4, -0.2) is 20.3 Å². The van der Waals surface area contributed by atoms with Crippen molar-refractivity contribution >= 4 is 5.91 Å². The number of carbonyl (C=O) groups excluding carboxylic acids is 1. The molecule has 0 unspecified atom stereocenters. The van der Waals surface area contributed by atoms with Crippen LogP contribution in [0, 0.1) is 6.92 Å². The molecule has 0 aliphatic rings. The molecule has 7 heteroatoms. The molecule has 0 bridgehead atoms. The van der Waals surface area contributed by atoms with Crippen molar-refractivity contribution in [2.24, 2.45) is 12.8 Å². The molecule has 0 spiro atoms. The SMILES string of the molecule is Cc1ccc(-n2ncc(=O)n(C)c2=O)cc1C(N)=O. The van der Waals surface area contributed by atoms with E-state index in [1.54, 1.807) is 19.1 Å². The van der Waals surface area contributed by atoms with Crippen molar-refractivity contribution in [3.63, 3.8) is 0 Å². The summed E-state index contributed by atoms with van der Waals surface area (Å²) in [7, 11) is 1.35. The van der Waals surface area contributed by atoms with Crippen LogP contribution in [0.2, 0.25) is 0 Å². The molecule has 0 saturated carbocycles. The smallest absolute Gasteiger partial charge is 0.351 e. The third-order valence-electron chi connectivity index (χ3n) is 2.81. The maximum absolute atomic E-state index is 11.9. The van der Waals surface area contributed by atoms with E-state index in [-0.39, 0.29) is 0 Å². The molecule has 2 aromatic rings. The summed E-state index contributed by atoms with van der Waals surface area (Å²) in [5.74, 6) is -0.586. The zero-order valence-corrected chi connectivity index (χ0v) is 10.5. The molecule has 0 aliphatic heterocycles. The average Bonchev–Trinajstić information content (AvgIpc) is 2.37. The Bertz CT molecular complexity index is 773. The van der Waals surface area contributed by atoms with Gasteiger partial charge in [-0.1, -0.05) is 6.07 Å². The maximum atomic E-state index is 11.9. The predicted molar refractivity (Wildman–Crippen MR) is 68.3 cm³/mol. The van der Waals surface area contributed by atoms with Crippen molar-refractivity contribution in [3.05, 3.63) is 56.4 Å². The molecular weight excluding hydrogens is 248 g/mol. The van der Waals surface area contributed by atoms with E-state index < -0.39 is 17.2 Å². The minimum Gasteiger partial charge on any atom is -0.366 e. The molecule has 0 atom stereocenters. The van der Waals surface area contributed by atoms with E-state index in [1.807, 2.05) is 0 Å². The highest BCUT2D eigenvalue weighted by Crippen LogP contribution is 2.12. The Morgan fingerprint density at radius 3 is 2.63 bits per heavy atom. The molecule has 7 nitrogen and oxygen atoms in total. The first kappa shape index (κ1) is 12.7. The molecule has 0 saturated heterocycles. The van der Waals surface area contributed by atoms with Crippen molar-refractivity contribution in [3.8, 4) is 5.69 Å². The number of rotatable bonds is 2. The van der Waals surface area contributed by atoms with Gasteiger partial charge in [0.1, 0.15) is 6.20 Å². The number of hydrogen-bond donors (Lipinski definition) is 1. The summed E-state index contributed by atoms with van der Waals surface area (Å²) in [4.78, 5) is 34.4. The molecule has 2 N–H and O–H groups in total. The van der Waals surface area contributed by atoms with Crippen molar-refractivity contribution < 1.29 is 4.79 Å². The van der Waals surface area contributed by atoms with E-state index in [1.165, 1.54) is 13.1 Å². The van der Waals surface area contributed by atoms with Crippen LogP contribution in [0.25, 0.3) is 5.69 Å². The summed E-state index contributed by atoms with van der Waals surface area (Å²) >= 11 is 0. The summed E-state index contributed by atoms with van der Waals surface area (Å²) < 4.78 is 1.96. The summed E-state index contributed by atoms with van der Waals surface area (Å²) in [6.07, 6.45) is 1.03. The molecule has 1 aromatic carbocycles. The van der Waals surface area contributed by atoms with Gasteiger partial charge in [0.2, 0.25) is 5.91 Å². The maximum Gasteiger partial charge on any atom is 0.351 e. The van der Waals surface area contributed by atoms with Gasteiger partial charge in [-0.15, -0.1) is 0 Å². The second-order valence-electron chi connectivity index (χ2n) is 4.10. The zero-order chi connectivity index (χ0) is 14.2. The number of benzene rings is 1. The Labute approximate surface area is 107 Å². The van der Waals surface area contributed by atoms with Crippen LogP contribution >= 0.6 is 0 Å². The number of aromatic nitrogens is 3. The standard InChI is InChI=1S/C12H12N4O3/c1-7-3-4-8(5-9(7)11(13)18)16-12(19)15(2)10(17)6-14-16/h3-6H,1-2H3,(H2,13,18). The molecule has 2 rings (SSSR count). The Balaban J connectivity index is 2.70. The lowest BCUT2D eigenvalue weighted by Crippen LogP contribution is -2.38. The fourth-order valence-corrected chi connectivity index (χ4v) is 1.66. The van der Waals surface area contributed by atoms with Gasteiger partial charge in [-0.05, 0) is 24.6 Å². The van der Waals surface area contributed by atoms with Gasteiger partial charge in [0.05, 0.1) is 5.69 Å². The second-order valence-corrected chi connectivity index (χ2v) is 4.10. The normalized spacial score (nSPS) is 10.4. The summed E-state index contributed by atoms with van der Waals surface area (Å²) in [6.45, 7) is 1.74. The first-order valence-corrected chi connectivity index (χ1v) is 5.48. The second kappa shape index (κ2) is 4.52. The number of primary amides is 1. The van der Waals surface area contributed by atoms with E-state index in [0.29, 0.717) is 16.8 Å². The van der Waals surface area contributed by atoms with Gasteiger partial charge in [-0.25, -0.2) is 4.79 Å². The Morgan fingerprint density at radius 2 is 2.00 bits per heavy atom. The fraction of sp³-hybridized carbons (Fsp3) is 0.167. The lowest BCUT2D eigenvalue weighted by atomic mass is 10.1. The largest absolute Gasteiger partial charge is 0.366 e. The van der Waals surface area contributed by atoms with E-state index >= 15 is 0 Å². The van der Waals surface area contributed by atoms with Gasteiger partial charge in [-0.2, -0.15) is 9.78 Å². The monoisotopic (exact) mass is 260 g/mol. The number of aryl methyl sites for hydroxylation is 1. The number of carbonyl (C=O) groups is 1. The highest BCUT2D eigenvalue weighted by Gasteiger charge is 2.10. The quantitative estimate of drug-likeness (QED) is 0.774. The van der Waals surface area contributed by atoms with Crippen LogP contribution in [0.5, 0.6) is 0 Å². The van der Waals surface area contributed by atoms with Crippen molar-refractivity contribution in [1.29, 1.82) is 0 Å². The van der Waals surface area contributed by atoms with Crippen LogP contribution in [0.4, 0.5) is 0 Å². The van der Waals surface area contributed by atoms with Gasteiger partial charge < -0.3 is 5.73 Å². The lowest BCUT2D eigenvalue weighted by molar-refractivity contribution is 0.0999. The third-order valence-corrected chi connectivity index (χ3v) is 2.81. The zero-order valence-electron chi connectivity index (χ0n) is 10.5. The molecule has 1 amide bonds. The van der Waals surface area contributed by atoms with Gasteiger partial charge in [-0.3, -0.25) is 14.2 Å². The molecule has 1 heterocycles. The van der Waals surface area contributed by atoms with Crippen LogP contribution in [-0.2, 0) is 7.05 Å². The Morgan fingerprint density at radius 1 is 1.32 bits per heavy atom. The van der Waals surface area contributed by atoms with E-state index in [4.69, 9.17) is 5.73 Å². The van der Waals surface area contributed by atoms with Crippen LogP contribution in [0.15, 0.2) is 34.0 Å². The summed E-state index contributed by atoms with van der Waals surface area (Å²) in [5.41, 5.74) is 5.55. The first-order valence-electron chi connectivity index (χ1n) is 5.48. The van der Waals surface area contributed by atoms with Crippen molar-refractivity contribution in [2.75, 3.05) is 0 Å². The summed E-state index contributed by atoms with van der Waals surface area (Å²) in [5, 5.41) is 3.76. The molecular formula is C12H12N4O3. The van der Waals surface area contributed by atoms with Gasteiger partial charge in [0.25, 0.3) is 5.56 Å². The number of nitrogens with zero attached hydrogens (tertiary/aromatic N) is 3. The topological polar surface area (TPSA) is 100.0 Å². The van der Waals surface area contributed by atoms with Gasteiger partial charge >= 0.3 is 5.69 Å². The number of nitrogens with two attached hydrogens (primary N) is 1. The molecule has 98 valence electrons. The van der Waals surface area contributed by atoms with Crippen LogP contribution in [0.1, 0.15) is 15.9 Å². The van der Waals surface area contributed by atoms with Crippen LogP contribution < -0.4 is 17.0 Å². The Hall–Kier alpha value is -2.70. The van der Waals surface area contributed by atoms with E-state index in [9.17, 15) is 14.4 Å². The average molecular weight is 260 g/mol. The number of amides is 1. The van der Waals surface area contributed by atoms with E-state index in [2.05, 4.69) is 5.10 Å². The van der Waals surface area contributed by atoms with Gasteiger partial charge in [0, 0.05) is 12.6 Å². The Kier molecular flexibility index (Phi) is 3.04. The molecule has 1 aromatic heterocycles. The first-order chi connectivity index (χ1) is 8.91. The van der Waals surface area contributed by atoms with E-state index in [0.717, 1.165) is 15.4 Å². The van der Waals surface area contributed by atoms with Crippen LogP contribution in [0.3, 0.4) is 0 Å². The molecule has 0 aliphatic carbocycles. The molecule has 19 heavy (non-hydrogen) atoms. The highest BCUT2D eigenvalue weighted by molar-refractivity contribution is 5.94.